The van der Waals surface area contributed by atoms with Crippen LogP contribution in [0.2, 0.25) is 0 Å². The molecule has 0 aromatic carbocycles. The summed E-state index contributed by atoms with van der Waals surface area (Å²) in [6, 6.07) is 0. The maximum absolute atomic E-state index is 2.45. The molecule has 0 amide bonds. The SMILES string of the molecule is CN(C)CCN(C)C(C)(C)CCN(C)C. The van der Waals surface area contributed by atoms with Gasteiger partial charge >= 0.3 is 0 Å². The highest BCUT2D eigenvalue weighted by atomic mass is 15.2. The highest BCUT2D eigenvalue weighted by molar-refractivity contribution is 4.80. The van der Waals surface area contributed by atoms with Crippen molar-refractivity contribution in [1.29, 1.82) is 0 Å². The van der Waals surface area contributed by atoms with E-state index in [2.05, 4.69) is 63.8 Å². The van der Waals surface area contributed by atoms with Crippen LogP contribution in [0.5, 0.6) is 0 Å². The molecule has 0 rings (SSSR count). The summed E-state index contributed by atoms with van der Waals surface area (Å²) < 4.78 is 0. The molecule has 0 aliphatic carbocycles. The Morgan fingerprint density at radius 2 is 1.20 bits per heavy atom. The second-order valence-electron chi connectivity index (χ2n) is 5.59. The standard InChI is InChI=1S/C12H29N3/c1-12(2,8-9-13(3)4)15(7)11-10-14(5)6/h8-11H2,1-7H3. The second-order valence-corrected chi connectivity index (χ2v) is 5.59. The molecule has 0 aliphatic heterocycles. The zero-order valence-electron chi connectivity index (χ0n) is 11.7. The fraction of sp³-hybridized carbons (Fsp3) is 1.00. The number of hydrogen-bond acceptors (Lipinski definition) is 3. The van der Waals surface area contributed by atoms with Crippen molar-refractivity contribution in [3.8, 4) is 0 Å². The van der Waals surface area contributed by atoms with E-state index >= 15 is 0 Å². The van der Waals surface area contributed by atoms with Gasteiger partial charge in [0, 0.05) is 18.6 Å². The molecular weight excluding hydrogens is 186 g/mol. The minimum Gasteiger partial charge on any atom is -0.309 e. The van der Waals surface area contributed by atoms with E-state index in [9.17, 15) is 0 Å². The van der Waals surface area contributed by atoms with Crippen molar-refractivity contribution in [3.63, 3.8) is 0 Å². The molecule has 0 fully saturated rings. The van der Waals surface area contributed by atoms with Crippen molar-refractivity contribution >= 4 is 0 Å². The Labute approximate surface area is 96.0 Å². The molecule has 0 spiro atoms. The maximum Gasteiger partial charge on any atom is 0.0162 e. The van der Waals surface area contributed by atoms with Gasteiger partial charge in [0.2, 0.25) is 0 Å². The van der Waals surface area contributed by atoms with Crippen LogP contribution < -0.4 is 0 Å². The zero-order valence-corrected chi connectivity index (χ0v) is 11.7. The van der Waals surface area contributed by atoms with E-state index in [4.69, 9.17) is 0 Å². The maximum atomic E-state index is 2.45. The number of nitrogens with zero attached hydrogens (tertiary/aromatic N) is 3. The minimum absolute atomic E-state index is 0.292. The van der Waals surface area contributed by atoms with Crippen LogP contribution in [0.25, 0.3) is 0 Å². The van der Waals surface area contributed by atoms with Crippen LogP contribution in [0, 0.1) is 0 Å². The van der Waals surface area contributed by atoms with Crippen LogP contribution in [-0.4, -0.2) is 75.1 Å². The van der Waals surface area contributed by atoms with Gasteiger partial charge in [-0.25, -0.2) is 0 Å². The molecule has 3 nitrogen and oxygen atoms in total. The van der Waals surface area contributed by atoms with Crippen LogP contribution in [-0.2, 0) is 0 Å². The topological polar surface area (TPSA) is 9.72 Å². The van der Waals surface area contributed by atoms with E-state index in [1.807, 2.05) is 0 Å². The smallest absolute Gasteiger partial charge is 0.0162 e. The summed E-state index contributed by atoms with van der Waals surface area (Å²) in [5.41, 5.74) is 0.292. The summed E-state index contributed by atoms with van der Waals surface area (Å²) in [5, 5.41) is 0. The Balaban J connectivity index is 3.96. The van der Waals surface area contributed by atoms with Crippen molar-refractivity contribution in [2.75, 3.05) is 54.9 Å². The molecule has 92 valence electrons. The summed E-state index contributed by atoms with van der Waals surface area (Å²) in [6.07, 6.45) is 1.21. The second kappa shape index (κ2) is 6.46. The van der Waals surface area contributed by atoms with Gasteiger partial charge in [-0.05, 0) is 62.1 Å². The molecule has 0 unspecified atom stereocenters. The molecular formula is C12H29N3. The summed E-state index contributed by atoms with van der Waals surface area (Å²) in [4.78, 5) is 6.94. The number of hydrogen-bond donors (Lipinski definition) is 0. The van der Waals surface area contributed by atoms with Gasteiger partial charge in [0.05, 0.1) is 0 Å². The molecule has 0 heterocycles. The highest BCUT2D eigenvalue weighted by Crippen LogP contribution is 2.16. The third-order valence-electron chi connectivity index (χ3n) is 3.09. The molecule has 0 aromatic heterocycles. The first-order valence-electron chi connectivity index (χ1n) is 5.76. The van der Waals surface area contributed by atoms with E-state index in [-0.39, 0.29) is 0 Å². The lowest BCUT2D eigenvalue weighted by molar-refractivity contribution is 0.124. The van der Waals surface area contributed by atoms with E-state index in [0.717, 1.165) is 19.6 Å². The van der Waals surface area contributed by atoms with Gasteiger partial charge in [-0.2, -0.15) is 0 Å². The molecule has 0 saturated heterocycles. The van der Waals surface area contributed by atoms with Crippen molar-refractivity contribution in [2.45, 2.75) is 25.8 Å². The van der Waals surface area contributed by atoms with Gasteiger partial charge in [-0.1, -0.05) is 0 Å². The molecule has 0 bridgehead atoms. The van der Waals surface area contributed by atoms with Gasteiger partial charge in [0.15, 0.2) is 0 Å². The van der Waals surface area contributed by atoms with E-state index < -0.39 is 0 Å². The van der Waals surface area contributed by atoms with Crippen LogP contribution in [0.4, 0.5) is 0 Å². The monoisotopic (exact) mass is 215 g/mol. The number of rotatable bonds is 7. The van der Waals surface area contributed by atoms with Crippen molar-refractivity contribution in [2.24, 2.45) is 0 Å². The predicted octanol–water partition coefficient (Wildman–Crippen LogP) is 1.21. The lowest BCUT2D eigenvalue weighted by Gasteiger charge is -2.37. The fourth-order valence-corrected chi connectivity index (χ4v) is 1.34. The van der Waals surface area contributed by atoms with Gasteiger partial charge < -0.3 is 9.80 Å². The first-order chi connectivity index (χ1) is 6.75. The summed E-state index contributed by atoms with van der Waals surface area (Å²) >= 11 is 0. The Hall–Kier alpha value is -0.120. The molecule has 0 aromatic rings. The number of likely N-dealkylation sites (N-methyl/N-ethyl adjacent to an activating group) is 2. The largest absolute Gasteiger partial charge is 0.309 e. The van der Waals surface area contributed by atoms with Gasteiger partial charge in [-0.3, -0.25) is 4.90 Å². The van der Waals surface area contributed by atoms with Crippen LogP contribution in [0.3, 0.4) is 0 Å². The first kappa shape index (κ1) is 14.9. The highest BCUT2D eigenvalue weighted by Gasteiger charge is 2.22. The third kappa shape index (κ3) is 6.88. The molecule has 3 heteroatoms. The lowest BCUT2D eigenvalue weighted by Crippen LogP contribution is -2.45. The third-order valence-corrected chi connectivity index (χ3v) is 3.09. The van der Waals surface area contributed by atoms with E-state index in [0.29, 0.717) is 5.54 Å². The lowest BCUT2D eigenvalue weighted by atomic mass is 9.98. The van der Waals surface area contributed by atoms with Crippen LogP contribution in [0.1, 0.15) is 20.3 Å². The average molecular weight is 215 g/mol. The Morgan fingerprint density at radius 3 is 1.60 bits per heavy atom. The van der Waals surface area contributed by atoms with Gasteiger partial charge in [0.1, 0.15) is 0 Å². The zero-order chi connectivity index (χ0) is 12.1. The normalized spacial score (nSPS) is 13.2. The predicted molar refractivity (Wildman–Crippen MR) is 68.4 cm³/mol. The summed E-state index contributed by atoms with van der Waals surface area (Å²) in [7, 11) is 10.7. The summed E-state index contributed by atoms with van der Waals surface area (Å²) in [6.45, 7) is 8.06. The Morgan fingerprint density at radius 1 is 0.733 bits per heavy atom. The van der Waals surface area contributed by atoms with Gasteiger partial charge in [0.25, 0.3) is 0 Å². The fourth-order valence-electron chi connectivity index (χ4n) is 1.34. The van der Waals surface area contributed by atoms with Gasteiger partial charge in [-0.15, -0.1) is 0 Å². The quantitative estimate of drug-likeness (QED) is 0.632. The van der Waals surface area contributed by atoms with Crippen molar-refractivity contribution in [3.05, 3.63) is 0 Å². The van der Waals surface area contributed by atoms with Crippen molar-refractivity contribution in [1.82, 2.24) is 14.7 Å². The van der Waals surface area contributed by atoms with E-state index in [1.165, 1.54) is 6.42 Å². The minimum atomic E-state index is 0.292. The molecule has 0 saturated carbocycles. The Bertz CT molecular complexity index is 164. The molecule has 0 aliphatic rings. The van der Waals surface area contributed by atoms with Crippen molar-refractivity contribution < 1.29 is 0 Å². The first-order valence-corrected chi connectivity index (χ1v) is 5.76. The molecule has 0 N–H and O–H groups in total. The summed E-state index contributed by atoms with van der Waals surface area (Å²) in [5.74, 6) is 0. The average Bonchev–Trinajstić information content (AvgIpc) is 2.11. The van der Waals surface area contributed by atoms with Crippen LogP contribution >= 0.6 is 0 Å². The molecule has 0 atom stereocenters. The van der Waals surface area contributed by atoms with Crippen LogP contribution in [0.15, 0.2) is 0 Å². The molecule has 15 heavy (non-hydrogen) atoms. The molecule has 0 radical (unpaired) electrons. The Kier molecular flexibility index (Phi) is 6.41. The van der Waals surface area contributed by atoms with E-state index in [1.54, 1.807) is 0 Å².